The first kappa shape index (κ1) is 23.4. The highest BCUT2D eigenvalue weighted by Gasteiger charge is 2.47. The maximum Gasteiger partial charge on any atom is 0.416 e. The fourth-order valence-electron chi connectivity index (χ4n) is 3.80. The van der Waals surface area contributed by atoms with Crippen LogP contribution < -0.4 is 9.64 Å². The smallest absolute Gasteiger partial charge is 0.416 e. The van der Waals surface area contributed by atoms with Crippen LogP contribution in [-0.4, -0.2) is 23.9 Å². The Hall–Kier alpha value is -3.78. The maximum atomic E-state index is 13.3. The summed E-state index contributed by atoms with van der Waals surface area (Å²) < 4.78 is 45.1. The van der Waals surface area contributed by atoms with Crippen LogP contribution in [0.4, 0.5) is 18.9 Å². The summed E-state index contributed by atoms with van der Waals surface area (Å²) in [6, 6.07) is 15.2. The van der Waals surface area contributed by atoms with Gasteiger partial charge in [-0.1, -0.05) is 29.8 Å². The zero-order valence-corrected chi connectivity index (χ0v) is 18.4. The van der Waals surface area contributed by atoms with Gasteiger partial charge in [0.05, 0.1) is 24.3 Å². The fraction of sp³-hybridized carbons (Fsp3) is 0.120. The summed E-state index contributed by atoms with van der Waals surface area (Å²) in [5.74, 6) is -2.04. The van der Waals surface area contributed by atoms with Crippen LogP contribution in [0.1, 0.15) is 22.7 Å². The molecule has 1 amide bonds. The minimum absolute atomic E-state index is 0.134. The van der Waals surface area contributed by atoms with Crippen molar-refractivity contribution in [1.29, 1.82) is 0 Å². The molecule has 0 aromatic heterocycles. The number of hydrogen-bond acceptors (Lipinski definition) is 4. The van der Waals surface area contributed by atoms with Crippen LogP contribution >= 0.6 is 11.6 Å². The minimum Gasteiger partial charge on any atom is -0.507 e. The molecule has 1 N–H and O–H groups in total. The molecule has 1 heterocycles. The van der Waals surface area contributed by atoms with Crippen LogP contribution in [0.2, 0.25) is 5.02 Å². The first-order valence-corrected chi connectivity index (χ1v) is 10.4. The Labute approximate surface area is 197 Å². The van der Waals surface area contributed by atoms with Crippen molar-refractivity contribution in [1.82, 2.24) is 0 Å². The Morgan fingerprint density at radius 2 is 1.65 bits per heavy atom. The number of aliphatic hydroxyl groups is 1. The predicted molar refractivity (Wildman–Crippen MR) is 121 cm³/mol. The van der Waals surface area contributed by atoms with Gasteiger partial charge in [0.1, 0.15) is 11.5 Å². The van der Waals surface area contributed by atoms with E-state index in [9.17, 15) is 27.9 Å². The number of hydrogen-bond donors (Lipinski definition) is 1. The number of ketones is 1. The van der Waals surface area contributed by atoms with Gasteiger partial charge in [-0.15, -0.1) is 0 Å². The molecule has 1 atom stereocenters. The molecule has 0 unspecified atom stereocenters. The molecule has 1 aliphatic rings. The van der Waals surface area contributed by atoms with Crippen LogP contribution in [0.25, 0.3) is 5.76 Å². The Bertz CT molecular complexity index is 1280. The van der Waals surface area contributed by atoms with Crippen molar-refractivity contribution in [2.45, 2.75) is 12.2 Å². The fourth-order valence-corrected chi connectivity index (χ4v) is 3.92. The van der Waals surface area contributed by atoms with E-state index in [0.29, 0.717) is 16.3 Å². The highest BCUT2D eigenvalue weighted by Crippen LogP contribution is 2.43. The highest BCUT2D eigenvalue weighted by molar-refractivity contribution is 6.51. The molecule has 0 aliphatic carbocycles. The number of amides is 1. The molecule has 1 saturated heterocycles. The summed E-state index contributed by atoms with van der Waals surface area (Å²) in [7, 11) is 1.47. The summed E-state index contributed by atoms with van der Waals surface area (Å²) in [6.45, 7) is 0. The molecular formula is C25H17ClF3NO4. The Kier molecular flexibility index (Phi) is 6.10. The average Bonchev–Trinajstić information content (AvgIpc) is 3.09. The zero-order valence-electron chi connectivity index (χ0n) is 17.6. The van der Waals surface area contributed by atoms with Gasteiger partial charge < -0.3 is 9.84 Å². The summed E-state index contributed by atoms with van der Waals surface area (Å²) in [4.78, 5) is 27.1. The molecule has 34 heavy (non-hydrogen) atoms. The summed E-state index contributed by atoms with van der Waals surface area (Å²) in [5, 5.41) is 11.4. The molecule has 5 nitrogen and oxygen atoms in total. The first-order valence-electron chi connectivity index (χ1n) is 10.00. The second kappa shape index (κ2) is 8.87. The van der Waals surface area contributed by atoms with E-state index in [4.69, 9.17) is 16.3 Å². The van der Waals surface area contributed by atoms with Gasteiger partial charge in [-0.25, -0.2) is 0 Å². The molecule has 0 bridgehead atoms. The average molecular weight is 488 g/mol. The molecule has 0 radical (unpaired) electrons. The van der Waals surface area contributed by atoms with Gasteiger partial charge in [0.25, 0.3) is 11.7 Å². The molecule has 1 aliphatic heterocycles. The lowest BCUT2D eigenvalue weighted by Gasteiger charge is -2.26. The Morgan fingerprint density at radius 1 is 1.00 bits per heavy atom. The lowest BCUT2D eigenvalue weighted by atomic mass is 9.95. The minimum atomic E-state index is -4.65. The summed E-state index contributed by atoms with van der Waals surface area (Å²) in [6.07, 6.45) is -4.65. The third-order valence-electron chi connectivity index (χ3n) is 5.45. The van der Waals surface area contributed by atoms with Crippen molar-refractivity contribution < 1.29 is 32.6 Å². The van der Waals surface area contributed by atoms with Gasteiger partial charge in [0, 0.05) is 16.3 Å². The molecule has 4 rings (SSSR count). The molecule has 1 fully saturated rings. The topological polar surface area (TPSA) is 66.8 Å². The number of nitrogens with zero attached hydrogens (tertiary/aromatic N) is 1. The number of alkyl halides is 3. The normalized spacial score (nSPS) is 17.8. The van der Waals surface area contributed by atoms with Crippen molar-refractivity contribution in [2.24, 2.45) is 0 Å². The number of methoxy groups -OCH3 is 1. The largest absolute Gasteiger partial charge is 0.507 e. The number of ether oxygens (including phenoxy) is 1. The number of carbonyl (C=O) groups excluding carboxylic acids is 2. The number of anilines is 1. The predicted octanol–water partition coefficient (Wildman–Crippen LogP) is 5.99. The van der Waals surface area contributed by atoms with E-state index in [-0.39, 0.29) is 16.8 Å². The molecule has 0 spiro atoms. The van der Waals surface area contributed by atoms with E-state index < -0.39 is 35.2 Å². The molecule has 174 valence electrons. The molecule has 3 aromatic rings. The standard InChI is InChI=1S/C25H17ClF3NO4/c1-34-19-11-7-15(8-12-19)22(31)20-21(14-5-9-17(26)10-6-14)30(24(33)23(20)32)18-4-2-3-16(13-18)25(27,28)29/h2-13,21,31H,1H3/b22-20+/t21-/m1/s1. The second-order valence-corrected chi connectivity index (χ2v) is 7.93. The van der Waals surface area contributed by atoms with Crippen LogP contribution in [0.3, 0.4) is 0 Å². The lowest BCUT2D eigenvalue weighted by Crippen LogP contribution is -2.29. The van der Waals surface area contributed by atoms with E-state index in [1.54, 1.807) is 24.3 Å². The van der Waals surface area contributed by atoms with Crippen LogP contribution in [0.15, 0.2) is 78.4 Å². The molecule has 0 saturated carbocycles. The van der Waals surface area contributed by atoms with Crippen LogP contribution in [0.5, 0.6) is 5.75 Å². The number of benzene rings is 3. The third-order valence-corrected chi connectivity index (χ3v) is 5.70. The van der Waals surface area contributed by atoms with Gasteiger partial charge in [0.2, 0.25) is 0 Å². The first-order chi connectivity index (χ1) is 16.1. The lowest BCUT2D eigenvalue weighted by molar-refractivity contribution is -0.137. The molecule has 9 heteroatoms. The van der Waals surface area contributed by atoms with Crippen LogP contribution in [0, 0.1) is 0 Å². The maximum absolute atomic E-state index is 13.3. The number of rotatable bonds is 4. The van der Waals surface area contributed by atoms with E-state index in [2.05, 4.69) is 0 Å². The quantitative estimate of drug-likeness (QED) is 0.279. The summed E-state index contributed by atoms with van der Waals surface area (Å²) in [5.41, 5.74) is -0.740. The SMILES string of the molecule is COc1ccc(/C(O)=C2\C(=O)C(=O)N(c3cccc(C(F)(F)F)c3)[C@@H]2c2ccc(Cl)cc2)cc1. The van der Waals surface area contributed by atoms with Gasteiger partial charge in [-0.2, -0.15) is 13.2 Å². The van der Waals surface area contributed by atoms with Crippen molar-refractivity contribution in [3.05, 3.63) is 100 Å². The second-order valence-electron chi connectivity index (χ2n) is 7.50. The molecular weight excluding hydrogens is 471 g/mol. The number of Topliss-reactive ketones (excluding diaryl/α,β-unsaturated/α-hetero) is 1. The number of carbonyl (C=O) groups is 2. The van der Waals surface area contributed by atoms with Gasteiger partial charge in [-0.3, -0.25) is 14.5 Å². The van der Waals surface area contributed by atoms with Gasteiger partial charge in [0.15, 0.2) is 0 Å². The van der Waals surface area contributed by atoms with Gasteiger partial charge in [-0.05, 0) is 60.2 Å². The van der Waals surface area contributed by atoms with Gasteiger partial charge >= 0.3 is 6.18 Å². The van der Waals surface area contributed by atoms with Crippen molar-refractivity contribution in [3.8, 4) is 5.75 Å². The monoisotopic (exact) mass is 487 g/mol. The van der Waals surface area contributed by atoms with Crippen molar-refractivity contribution in [3.63, 3.8) is 0 Å². The van der Waals surface area contributed by atoms with E-state index in [1.807, 2.05) is 0 Å². The number of halogens is 4. The Balaban J connectivity index is 1.92. The van der Waals surface area contributed by atoms with E-state index in [0.717, 1.165) is 23.1 Å². The van der Waals surface area contributed by atoms with Crippen molar-refractivity contribution in [2.75, 3.05) is 12.0 Å². The van der Waals surface area contributed by atoms with Crippen LogP contribution in [-0.2, 0) is 15.8 Å². The van der Waals surface area contributed by atoms with E-state index >= 15 is 0 Å². The summed E-state index contributed by atoms with van der Waals surface area (Å²) >= 11 is 5.98. The van der Waals surface area contributed by atoms with E-state index in [1.165, 1.54) is 37.4 Å². The zero-order chi connectivity index (χ0) is 24.6. The Morgan fingerprint density at radius 3 is 2.24 bits per heavy atom. The van der Waals surface area contributed by atoms with Crippen molar-refractivity contribution >= 4 is 34.7 Å². The molecule has 3 aromatic carbocycles. The number of aliphatic hydroxyl groups excluding tert-OH is 1. The highest BCUT2D eigenvalue weighted by atomic mass is 35.5. The third kappa shape index (κ3) is 4.24.